The van der Waals surface area contributed by atoms with E-state index in [-0.39, 0.29) is 11.9 Å². The molecular weight excluding hydrogens is 328 g/mol. The number of hydrogen-bond acceptors (Lipinski definition) is 5. The zero-order valence-electron chi connectivity index (χ0n) is 15.7. The van der Waals surface area contributed by atoms with Crippen molar-refractivity contribution >= 4 is 5.91 Å². The summed E-state index contributed by atoms with van der Waals surface area (Å²) in [6.45, 7) is 1.53. The van der Waals surface area contributed by atoms with Crippen molar-refractivity contribution in [3.05, 3.63) is 53.6 Å². The number of aromatic nitrogens is 2. The number of benzene rings is 1. The summed E-state index contributed by atoms with van der Waals surface area (Å²) in [5.74, 6) is 1.68. The molecule has 1 aliphatic rings. The number of likely N-dealkylation sites (tertiary alicyclic amines) is 1. The van der Waals surface area contributed by atoms with E-state index in [0.29, 0.717) is 6.42 Å². The molecule has 0 N–H and O–H groups in total. The molecule has 6 heteroatoms. The standard InChI is InChI=1S/C20H26N4O2/c1-23(2)14-16-10-11-21-20(22-16)18-5-4-12-24(18)19(25)13-15-6-8-17(26-3)9-7-15/h6-11,18H,4-5,12-14H2,1-3H3/t18-/m1/s1. The van der Waals surface area contributed by atoms with Gasteiger partial charge in [0.25, 0.3) is 0 Å². The molecular formula is C20H26N4O2. The number of rotatable bonds is 6. The average Bonchev–Trinajstić information content (AvgIpc) is 3.12. The zero-order valence-corrected chi connectivity index (χ0v) is 15.7. The SMILES string of the molecule is COc1ccc(CC(=O)N2CCC[C@@H]2c2nccc(CN(C)C)n2)cc1. The minimum absolute atomic E-state index is 0.0251. The van der Waals surface area contributed by atoms with Crippen molar-refractivity contribution < 1.29 is 9.53 Å². The van der Waals surface area contributed by atoms with Crippen LogP contribution in [0.1, 0.15) is 36.0 Å². The molecule has 1 aliphatic heterocycles. The summed E-state index contributed by atoms with van der Waals surface area (Å²) in [5.41, 5.74) is 1.97. The largest absolute Gasteiger partial charge is 0.497 e. The van der Waals surface area contributed by atoms with E-state index >= 15 is 0 Å². The van der Waals surface area contributed by atoms with Crippen molar-refractivity contribution in [2.24, 2.45) is 0 Å². The van der Waals surface area contributed by atoms with Gasteiger partial charge in [-0.25, -0.2) is 9.97 Å². The summed E-state index contributed by atoms with van der Waals surface area (Å²) < 4.78 is 5.17. The molecule has 0 saturated carbocycles. The Morgan fingerprint density at radius 2 is 2.04 bits per heavy atom. The maximum Gasteiger partial charge on any atom is 0.227 e. The summed E-state index contributed by atoms with van der Waals surface area (Å²) in [5, 5.41) is 0. The summed E-state index contributed by atoms with van der Waals surface area (Å²) in [6.07, 6.45) is 4.09. The van der Waals surface area contributed by atoms with Crippen molar-refractivity contribution in [1.29, 1.82) is 0 Å². The summed E-state index contributed by atoms with van der Waals surface area (Å²) >= 11 is 0. The highest BCUT2D eigenvalue weighted by atomic mass is 16.5. The van der Waals surface area contributed by atoms with E-state index in [9.17, 15) is 4.79 Å². The summed E-state index contributed by atoms with van der Waals surface area (Å²) in [6, 6.07) is 9.56. The minimum Gasteiger partial charge on any atom is -0.497 e. The maximum absolute atomic E-state index is 12.8. The van der Waals surface area contributed by atoms with Crippen LogP contribution in [-0.2, 0) is 17.8 Å². The van der Waals surface area contributed by atoms with Crippen LogP contribution in [-0.4, -0.2) is 53.4 Å². The average molecular weight is 354 g/mol. The molecule has 0 unspecified atom stereocenters. The van der Waals surface area contributed by atoms with Gasteiger partial charge in [-0.15, -0.1) is 0 Å². The van der Waals surface area contributed by atoms with Crippen LogP contribution in [0, 0.1) is 0 Å². The fourth-order valence-electron chi connectivity index (χ4n) is 3.34. The molecule has 1 aromatic heterocycles. The molecule has 1 fully saturated rings. The van der Waals surface area contributed by atoms with Crippen LogP contribution in [0.2, 0.25) is 0 Å². The van der Waals surface area contributed by atoms with Crippen LogP contribution in [0.15, 0.2) is 36.5 Å². The fraction of sp³-hybridized carbons (Fsp3) is 0.450. The van der Waals surface area contributed by atoms with E-state index in [1.807, 2.05) is 49.3 Å². The minimum atomic E-state index is -0.0251. The van der Waals surface area contributed by atoms with Gasteiger partial charge in [0.1, 0.15) is 5.75 Å². The van der Waals surface area contributed by atoms with Crippen LogP contribution >= 0.6 is 0 Å². The molecule has 2 aromatic rings. The molecule has 1 amide bonds. The highest BCUT2D eigenvalue weighted by Gasteiger charge is 2.31. The fourth-order valence-corrected chi connectivity index (χ4v) is 3.34. The Labute approximate surface area is 154 Å². The maximum atomic E-state index is 12.8. The smallest absolute Gasteiger partial charge is 0.227 e. The van der Waals surface area contributed by atoms with E-state index in [4.69, 9.17) is 9.72 Å². The first kappa shape index (κ1) is 18.3. The van der Waals surface area contributed by atoms with E-state index in [1.54, 1.807) is 13.3 Å². The number of carbonyl (C=O) groups is 1. The predicted octanol–water partition coefficient (Wildman–Crippen LogP) is 2.45. The van der Waals surface area contributed by atoms with Crippen molar-refractivity contribution in [3.63, 3.8) is 0 Å². The Morgan fingerprint density at radius 3 is 2.73 bits per heavy atom. The van der Waals surface area contributed by atoms with Crippen LogP contribution in [0.25, 0.3) is 0 Å². The lowest BCUT2D eigenvalue weighted by Gasteiger charge is -2.24. The Hall–Kier alpha value is -2.47. The second-order valence-electron chi connectivity index (χ2n) is 6.91. The van der Waals surface area contributed by atoms with Gasteiger partial charge in [-0.1, -0.05) is 12.1 Å². The lowest BCUT2D eigenvalue weighted by Crippen LogP contribution is -2.32. The molecule has 1 atom stereocenters. The third kappa shape index (κ3) is 4.38. The Kier molecular flexibility index (Phi) is 5.83. The molecule has 0 bridgehead atoms. The Balaban J connectivity index is 1.71. The highest BCUT2D eigenvalue weighted by Crippen LogP contribution is 2.30. The van der Waals surface area contributed by atoms with Gasteiger partial charge < -0.3 is 14.5 Å². The third-order valence-electron chi connectivity index (χ3n) is 4.60. The van der Waals surface area contributed by atoms with Gasteiger partial charge >= 0.3 is 0 Å². The van der Waals surface area contributed by atoms with Crippen molar-refractivity contribution in [1.82, 2.24) is 19.8 Å². The summed E-state index contributed by atoms with van der Waals surface area (Å²) in [4.78, 5) is 26.0. The number of hydrogen-bond donors (Lipinski definition) is 0. The highest BCUT2D eigenvalue weighted by molar-refractivity contribution is 5.79. The van der Waals surface area contributed by atoms with E-state index < -0.39 is 0 Å². The molecule has 3 rings (SSSR count). The molecule has 1 saturated heterocycles. The lowest BCUT2D eigenvalue weighted by atomic mass is 10.1. The van der Waals surface area contributed by atoms with Crippen LogP contribution in [0.4, 0.5) is 0 Å². The van der Waals surface area contributed by atoms with E-state index in [0.717, 1.165) is 48.8 Å². The van der Waals surface area contributed by atoms with Crippen LogP contribution in [0.3, 0.4) is 0 Å². The van der Waals surface area contributed by atoms with Gasteiger partial charge in [0.05, 0.1) is 25.3 Å². The monoisotopic (exact) mass is 354 g/mol. The lowest BCUT2D eigenvalue weighted by molar-refractivity contribution is -0.131. The Bertz CT molecular complexity index is 746. The van der Waals surface area contributed by atoms with Gasteiger partial charge in [-0.3, -0.25) is 4.79 Å². The second kappa shape index (κ2) is 8.27. The van der Waals surface area contributed by atoms with Crippen LogP contribution < -0.4 is 4.74 Å². The van der Waals surface area contributed by atoms with Gasteiger partial charge in [-0.05, 0) is 50.7 Å². The second-order valence-corrected chi connectivity index (χ2v) is 6.91. The third-order valence-corrected chi connectivity index (χ3v) is 4.60. The quantitative estimate of drug-likeness (QED) is 0.797. The van der Waals surface area contributed by atoms with Gasteiger partial charge in [0, 0.05) is 19.3 Å². The van der Waals surface area contributed by atoms with Gasteiger partial charge in [0.2, 0.25) is 5.91 Å². The van der Waals surface area contributed by atoms with Gasteiger partial charge in [-0.2, -0.15) is 0 Å². The van der Waals surface area contributed by atoms with E-state index in [2.05, 4.69) is 9.88 Å². The van der Waals surface area contributed by atoms with Crippen molar-refractivity contribution in [2.75, 3.05) is 27.7 Å². The van der Waals surface area contributed by atoms with Crippen molar-refractivity contribution in [2.45, 2.75) is 31.8 Å². The molecule has 0 radical (unpaired) electrons. The number of methoxy groups -OCH3 is 1. The molecule has 6 nitrogen and oxygen atoms in total. The number of carbonyl (C=O) groups excluding carboxylic acids is 1. The zero-order chi connectivity index (χ0) is 18.5. The first-order chi connectivity index (χ1) is 12.6. The van der Waals surface area contributed by atoms with Crippen molar-refractivity contribution in [3.8, 4) is 5.75 Å². The predicted molar refractivity (Wildman–Crippen MR) is 99.8 cm³/mol. The number of ether oxygens (including phenoxy) is 1. The normalized spacial score (nSPS) is 16.9. The molecule has 138 valence electrons. The molecule has 0 aliphatic carbocycles. The topological polar surface area (TPSA) is 58.6 Å². The molecule has 1 aromatic carbocycles. The molecule has 26 heavy (non-hydrogen) atoms. The molecule has 0 spiro atoms. The number of amides is 1. The first-order valence-corrected chi connectivity index (χ1v) is 8.96. The Morgan fingerprint density at radius 1 is 1.27 bits per heavy atom. The number of nitrogens with zero attached hydrogens (tertiary/aromatic N) is 4. The summed E-state index contributed by atoms with van der Waals surface area (Å²) in [7, 11) is 5.67. The van der Waals surface area contributed by atoms with E-state index in [1.165, 1.54) is 0 Å². The first-order valence-electron chi connectivity index (χ1n) is 8.96. The van der Waals surface area contributed by atoms with Gasteiger partial charge in [0.15, 0.2) is 5.82 Å². The molecule has 2 heterocycles. The van der Waals surface area contributed by atoms with Crippen LogP contribution in [0.5, 0.6) is 5.75 Å².